The van der Waals surface area contributed by atoms with Crippen LogP contribution in [0, 0.1) is 5.41 Å². The summed E-state index contributed by atoms with van der Waals surface area (Å²) in [5.74, 6) is -5.27. The molecule has 14 nitrogen and oxygen atoms in total. The molecule has 6 N–H and O–H groups in total. The summed E-state index contributed by atoms with van der Waals surface area (Å²) in [6.45, 7) is 0.332. The molecule has 0 saturated carbocycles. The zero-order valence-electron chi connectivity index (χ0n) is 36.8. The quantitative estimate of drug-likeness (QED) is 0.0155. The number of carbonyl (C=O) groups is 6. The molecule has 0 radical (unpaired) electrons. The van der Waals surface area contributed by atoms with Gasteiger partial charge in [0.15, 0.2) is 0 Å². The van der Waals surface area contributed by atoms with Crippen molar-refractivity contribution >= 4 is 48.0 Å². The summed E-state index contributed by atoms with van der Waals surface area (Å²) in [5, 5.41) is 22.0. The Hall–Kier alpha value is -6.90. The van der Waals surface area contributed by atoms with Crippen LogP contribution in [0.25, 0.3) is 12.2 Å². The highest BCUT2D eigenvalue weighted by atomic mass is 16.5. The lowest BCUT2D eigenvalue weighted by Gasteiger charge is -2.47. The van der Waals surface area contributed by atoms with Crippen LogP contribution in [0.15, 0.2) is 115 Å². The number of carboxylic acids is 2. The highest BCUT2D eigenvalue weighted by molar-refractivity contribution is 6.01. The molecule has 0 amide bonds. The summed E-state index contributed by atoms with van der Waals surface area (Å²) in [6, 6.07) is 26.9. The third-order valence-corrected chi connectivity index (χ3v) is 11.3. The third kappa shape index (κ3) is 13.8. The molecule has 2 atom stereocenters. The lowest BCUT2D eigenvalue weighted by atomic mass is 9.58. The van der Waals surface area contributed by atoms with Gasteiger partial charge in [-0.05, 0) is 96.3 Å². The molecular weight excluding hydrogens is 833 g/mol. The van der Waals surface area contributed by atoms with Gasteiger partial charge < -0.3 is 40.6 Å². The zero-order chi connectivity index (χ0) is 47.2. The van der Waals surface area contributed by atoms with Crippen LogP contribution in [0.1, 0.15) is 112 Å². The summed E-state index contributed by atoms with van der Waals surface area (Å²) in [6.07, 6.45) is 10.8. The van der Waals surface area contributed by atoms with Crippen LogP contribution in [0.3, 0.4) is 0 Å². The minimum Gasteiger partial charge on any atom is -0.480 e. The van der Waals surface area contributed by atoms with Crippen molar-refractivity contribution in [3.05, 3.63) is 154 Å². The lowest BCUT2D eigenvalue weighted by Crippen LogP contribution is -2.65. The Labute approximate surface area is 379 Å². The smallest absolute Gasteiger partial charge is 0.338 e. The standard InChI is InChI=1S/C51H58N2O12/c1-62-43(54)31-25-36-21-27-40(28-22-36)46(56)64-34-14-5-3-8-16-38-17-11-12-20-42(38)50(53,51(48(58)59,49(60)61)45(52)39-18-9-7-10-19-39)33-13-4-6-15-35-65-47(57)41-29-23-37(24-30-41)26-32-44(55)63-2/h7,9-12,17-32,45H,3-6,8,13-16,33-35,52-53H2,1-2H3,(H,58,59)(H,60,61). The number of hydrogen-bond donors (Lipinski definition) is 4. The molecule has 0 aliphatic rings. The first-order valence-corrected chi connectivity index (χ1v) is 21.5. The molecule has 0 aromatic heterocycles. The third-order valence-electron chi connectivity index (χ3n) is 11.3. The Morgan fingerprint density at radius 2 is 1.03 bits per heavy atom. The van der Waals surface area contributed by atoms with Crippen molar-refractivity contribution in [3.8, 4) is 0 Å². The van der Waals surface area contributed by atoms with E-state index in [0.29, 0.717) is 78.3 Å². The number of rotatable bonds is 26. The summed E-state index contributed by atoms with van der Waals surface area (Å²) >= 11 is 0. The average Bonchev–Trinajstić information content (AvgIpc) is 3.32. The van der Waals surface area contributed by atoms with E-state index in [2.05, 4.69) is 9.47 Å². The minimum absolute atomic E-state index is 0.0298. The molecule has 0 fully saturated rings. The first-order chi connectivity index (χ1) is 31.3. The second-order valence-electron chi connectivity index (χ2n) is 15.5. The Bertz CT molecular complexity index is 2260. The largest absolute Gasteiger partial charge is 0.480 e. The number of nitrogens with two attached hydrogens (primary N) is 2. The van der Waals surface area contributed by atoms with Crippen molar-refractivity contribution in [3.63, 3.8) is 0 Å². The summed E-state index contributed by atoms with van der Waals surface area (Å²) < 4.78 is 20.1. The molecule has 0 bridgehead atoms. The van der Waals surface area contributed by atoms with Gasteiger partial charge >= 0.3 is 35.8 Å². The van der Waals surface area contributed by atoms with Crippen molar-refractivity contribution in [1.82, 2.24) is 0 Å². The molecule has 14 heteroatoms. The number of ether oxygens (including phenoxy) is 4. The molecule has 0 heterocycles. The van der Waals surface area contributed by atoms with Crippen LogP contribution in [0.2, 0.25) is 0 Å². The second kappa shape index (κ2) is 25.4. The van der Waals surface area contributed by atoms with Crippen LogP contribution in [-0.4, -0.2) is 73.5 Å². The van der Waals surface area contributed by atoms with Crippen LogP contribution in [0.4, 0.5) is 0 Å². The van der Waals surface area contributed by atoms with E-state index >= 15 is 0 Å². The minimum atomic E-state index is -2.69. The molecule has 0 aliphatic heterocycles. The van der Waals surface area contributed by atoms with Crippen molar-refractivity contribution in [2.24, 2.45) is 16.9 Å². The van der Waals surface area contributed by atoms with Crippen molar-refractivity contribution in [1.29, 1.82) is 0 Å². The molecule has 0 saturated heterocycles. The van der Waals surface area contributed by atoms with Crippen molar-refractivity contribution in [2.75, 3.05) is 27.4 Å². The van der Waals surface area contributed by atoms with Crippen LogP contribution in [0.5, 0.6) is 0 Å². The maximum absolute atomic E-state index is 13.6. The number of aliphatic carboxylic acids is 2. The van der Waals surface area contributed by atoms with E-state index in [1.165, 1.54) is 26.4 Å². The van der Waals surface area contributed by atoms with Crippen molar-refractivity contribution in [2.45, 2.75) is 75.8 Å². The van der Waals surface area contributed by atoms with Gasteiger partial charge in [-0.3, -0.25) is 9.59 Å². The number of methoxy groups -OCH3 is 2. The van der Waals surface area contributed by atoms with Gasteiger partial charge in [0.05, 0.1) is 50.1 Å². The number of esters is 4. The average molecular weight is 891 g/mol. The van der Waals surface area contributed by atoms with Gasteiger partial charge in [0.2, 0.25) is 5.41 Å². The lowest BCUT2D eigenvalue weighted by molar-refractivity contribution is -0.174. The summed E-state index contributed by atoms with van der Waals surface area (Å²) in [4.78, 5) is 75.1. The predicted octanol–water partition coefficient (Wildman–Crippen LogP) is 7.84. The van der Waals surface area contributed by atoms with Gasteiger partial charge in [0.25, 0.3) is 0 Å². The number of carboxylic acid groups (broad SMARTS) is 2. The Balaban J connectivity index is 1.40. The van der Waals surface area contributed by atoms with Crippen LogP contribution >= 0.6 is 0 Å². The number of benzene rings is 4. The molecule has 4 aromatic rings. The molecule has 65 heavy (non-hydrogen) atoms. The van der Waals surface area contributed by atoms with E-state index in [1.54, 1.807) is 109 Å². The van der Waals surface area contributed by atoms with Gasteiger partial charge in [0, 0.05) is 12.2 Å². The number of aryl methyl sites for hydroxylation is 1. The first-order valence-electron chi connectivity index (χ1n) is 21.5. The molecule has 4 aromatic carbocycles. The van der Waals surface area contributed by atoms with Crippen LogP contribution in [-0.2, 0) is 50.1 Å². The maximum Gasteiger partial charge on any atom is 0.338 e. The highest BCUT2D eigenvalue weighted by Gasteiger charge is 2.65. The van der Waals surface area contributed by atoms with Gasteiger partial charge in [-0.2, -0.15) is 0 Å². The SMILES string of the molecule is COC(=O)C=Cc1ccc(C(=O)OCCCCCCc2ccccc2C(N)(CCCCCCOC(=O)c2ccc(C=CC(=O)OC)cc2)C(C(=O)O)(C(=O)O)C(N)c2ccccc2)cc1. The topological polar surface area (TPSA) is 232 Å². The molecule has 0 aliphatic carbocycles. The fraction of sp³-hybridized carbons (Fsp3) is 0.333. The summed E-state index contributed by atoms with van der Waals surface area (Å²) in [5.41, 5.74) is 12.9. The van der Waals surface area contributed by atoms with Gasteiger partial charge in [-0.25, -0.2) is 19.2 Å². The Morgan fingerprint density at radius 3 is 1.51 bits per heavy atom. The first kappa shape index (κ1) is 50.7. The fourth-order valence-electron chi connectivity index (χ4n) is 7.70. The van der Waals surface area contributed by atoms with E-state index in [-0.39, 0.29) is 19.6 Å². The maximum atomic E-state index is 13.6. The Morgan fingerprint density at radius 1 is 0.585 bits per heavy atom. The van der Waals surface area contributed by atoms with Crippen LogP contribution < -0.4 is 11.5 Å². The van der Waals surface area contributed by atoms with Gasteiger partial charge in [0.1, 0.15) is 0 Å². The van der Waals surface area contributed by atoms with Crippen molar-refractivity contribution < 1.29 is 57.9 Å². The van der Waals surface area contributed by atoms with E-state index in [4.69, 9.17) is 20.9 Å². The van der Waals surface area contributed by atoms with E-state index in [1.807, 2.05) is 6.07 Å². The van der Waals surface area contributed by atoms with E-state index < -0.39 is 52.8 Å². The highest BCUT2D eigenvalue weighted by Crippen LogP contribution is 2.50. The number of hydrogen-bond acceptors (Lipinski definition) is 12. The molecule has 4 rings (SSSR count). The van der Waals surface area contributed by atoms with Gasteiger partial charge in [-0.15, -0.1) is 0 Å². The Kier molecular flexibility index (Phi) is 19.8. The second-order valence-corrected chi connectivity index (χ2v) is 15.5. The molecular formula is C51H58N2O12. The van der Waals surface area contributed by atoms with E-state index in [9.17, 15) is 39.0 Å². The number of carbonyl (C=O) groups excluding carboxylic acids is 4. The van der Waals surface area contributed by atoms with Gasteiger partial charge in [-0.1, -0.05) is 111 Å². The number of unbranched alkanes of at least 4 members (excludes halogenated alkanes) is 6. The predicted molar refractivity (Wildman–Crippen MR) is 244 cm³/mol. The fourth-order valence-corrected chi connectivity index (χ4v) is 7.70. The molecule has 2 unspecified atom stereocenters. The zero-order valence-corrected chi connectivity index (χ0v) is 36.8. The monoisotopic (exact) mass is 890 g/mol. The molecule has 0 spiro atoms. The van der Waals surface area contributed by atoms with E-state index in [0.717, 1.165) is 18.4 Å². The summed E-state index contributed by atoms with van der Waals surface area (Å²) in [7, 11) is 2.57. The molecule has 344 valence electrons. The normalized spacial score (nSPS) is 12.9.